The second-order valence-electron chi connectivity index (χ2n) is 4.06. The zero-order chi connectivity index (χ0) is 12.1. The van der Waals surface area contributed by atoms with Crippen LogP contribution in [0.15, 0.2) is 0 Å². The lowest BCUT2D eigenvalue weighted by atomic mass is 10.1. The van der Waals surface area contributed by atoms with E-state index in [0.29, 0.717) is 12.6 Å². The quantitative estimate of drug-likeness (QED) is 0.698. The number of nitrogens with zero attached hydrogens (tertiary/aromatic N) is 1. The van der Waals surface area contributed by atoms with Crippen LogP contribution in [0.25, 0.3) is 0 Å². The van der Waals surface area contributed by atoms with E-state index in [-0.39, 0.29) is 18.3 Å². The molecule has 1 rings (SSSR count). The first kappa shape index (κ1) is 13.0. The molecule has 1 N–H and O–H groups in total. The van der Waals surface area contributed by atoms with Crippen molar-refractivity contribution >= 4 is 11.9 Å². The number of ether oxygens (including phenoxy) is 1. The average Bonchev–Trinajstić information content (AvgIpc) is 2.39. The summed E-state index contributed by atoms with van der Waals surface area (Å²) >= 11 is 0. The molecule has 1 heterocycles. The number of esters is 1. The van der Waals surface area contributed by atoms with E-state index < -0.39 is 6.04 Å². The van der Waals surface area contributed by atoms with E-state index in [1.165, 1.54) is 7.11 Å². The summed E-state index contributed by atoms with van der Waals surface area (Å²) in [5.41, 5.74) is 0. The summed E-state index contributed by atoms with van der Waals surface area (Å²) in [6.07, 6.45) is 1.04. The lowest BCUT2D eigenvalue weighted by molar-refractivity contribution is -0.145. The van der Waals surface area contributed by atoms with E-state index in [2.05, 4.69) is 21.9 Å². The summed E-state index contributed by atoms with van der Waals surface area (Å²) in [5, 5.41) is 2.83. The molecule has 1 saturated heterocycles. The van der Waals surface area contributed by atoms with Crippen LogP contribution in [0.3, 0.4) is 0 Å². The van der Waals surface area contributed by atoms with Crippen molar-refractivity contribution in [1.82, 2.24) is 10.2 Å². The maximum atomic E-state index is 11.8. The lowest BCUT2D eigenvalue weighted by Crippen LogP contribution is -2.48. The zero-order valence-electron chi connectivity index (χ0n) is 10.2. The molecule has 16 heavy (non-hydrogen) atoms. The summed E-state index contributed by atoms with van der Waals surface area (Å²) in [4.78, 5) is 25.2. The molecule has 1 amide bonds. The van der Waals surface area contributed by atoms with Gasteiger partial charge in [0.15, 0.2) is 0 Å². The first-order valence-corrected chi connectivity index (χ1v) is 5.70. The molecular weight excluding hydrogens is 208 g/mol. The van der Waals surface area contributed by atoms with Crippen LogP contribution in [0, 0.1) is 0 Å². The van der Waals surface area contributed by atoms with Gasteiger partial charge in [0, 0.05) is 12.6 Å². The molecule has 5 heteroatoms. The molecule has 1 aliphatic rings. The predicted octanol–water partition coefficient (Wildman–Crippen LogP) is 0.148. The van der Waals surface area contributed by atoms with E-state index in [9.17, 15) is 9.59 Å². The van der Waals surface area contributed by atoms with Crippen LogP contribution in [0.4, 0.5) is 0 Å². The smallest absolute Gasteiger partial charge is 0.307 e. The molecule has 0 saturated carbocycles. The minimum atomic E-state index is -0.394. The minimum absolute atomic E-state index is 0.0726. The molecule has 1 aliphatic heterocycles. The number of rotatable bonds is 3. The van der Waals surface area contributed by atoms with Gasteiger partial charge in [-0.05, 0) is 19.9 Å². The van der Waals surface area contributed by atoms with Crippen LogP contribution in [-0.2, 0) is 14.3 Å². The SMILES string of the molecule is CCN1C(C)CCNC(=O)C1CC(=O)OC. The van der Waals surface area contributed by atoms with Crippen LogP contribution in [-0.4, -0.2) is 49.1 Å². The van der Waals surface area contributed by atoms with E-state index in [1.807, 2.05) is 6.92 Å². The fourth-order valence-electron chi connectivity index (χ4n) is 2.13. The second-order valence-corrected chi connectivity index (χ2v) is 4.06. The number of amides is 1. The molecule has 0 aromatic heterocycles. The Morgan fingerprint density at radius 1 is 1.62 bits per heavy atom. The van der Waals surface area contributed by atoms with Crippen LogP contribution in [0.5, 0.6) is 0 Å². The number of hydrogen-bond acceptors (Lipinski definition) is 4. The molecule has 0 spiro atoms. The predicted molar refractivity (Wildman–Crippen MR) is 59.9 cm³/mol. The van der Waals surface area contributed by atoms with Gasteiger partial charge in [0.25, 0.3) is 0 Å². The fraction of sp³-hybridized carbons (Fsp3) is 0.818. The summed E-state index contributed by atoms with van der Waals surface area (Å²) in [6.45, 7) is 5.51. The Bertz CT molecular complexity index is 268. The molecule has 0 aromatic rings. The third-order valence-corrected chi connectivity index (χ3v) is 3.08. The number of methoxy groups -OCH3 is 1. The van der Waals surface area contributed by atoms with Gasteiger partial charge >= 0.3 is 5.97 Å². The Hall–Kier alpha value is -1.10. The Labute approximate surface area is 96.1 Å². The third-order valence-electron chi connectivity index (χ3n) is 3.08. The van der Waals surface area contributed by atoms with Gasteiger partial charge in [0.05, 0.1) is 19.6 Å². The second kappa shape index (κ2) is 5.84. The monoisotopic (exact) mass is 228 g/mol. The van der Waals surface area contributed by atoms with Crippen molar-refractivity contribution in [1.29, 1.82) is 0 Å². The molecule has 0 aromatic carbocycles. The summed E-state index contributed by atoms with van der Waals surface area (Å²) in [6, 6.07) is -0.0893. The highest BCUT2D eigenvalue weighted by Gasteiger charge is 2.32. The molecule has 1 fully saturated rings. The number of carbonyl (C=O) groups excluding carboxylic acids is 2. The summed E-state index contributed by atoms with van der Waals surface area (Å²) in [7, 11) is 1.34. The molecule has 0 aliphatic carbocycles. The van der Waals surface area contributed by atoms with Crippen LogP contribution < -0.4 is 5.32 Å². The standard InChI is InChI=1S/C11H20N2O3/c1-4-13-8(2)5-6-12-11(15)9(13)7-10(14)16-3/h8-9H,4-7H2,1-3H3,(H,12,15). The number of hydrogen-bond donors (Lipinski definition) is 1. The molecule has 2 unspecified atom stereocenters. The zero-order valence-corrected chi connectivity index (χ0v) is 10.2. The summed E-state index contributed by atoms with van der Waals surface area (Å²) in [5.74, 6) is -0.413. The van der Waals surface area contributed by atoms with Gasteiger partial charge in [-0.15, -0.1) is 0 Å². The molecule has 92 valence electrons. The van der Waals surface area contributed by atoms with Gasteiger partial charge in [-0.25, -0.2) is 0 Å². The highest BCUT2D eigenvalue weighted by molar-refractivity contribution is 5.86. The van der Waals surface area contributed by atoms with Gasteiger partial charge in [-0.3, -0.25) is 14.5 Å². The van der Waals surface area contributed by atoms with Crippen molar-refractivity contribution in [2.24, 2.45) is 0 Å². The number of likely N-dealkylation sites (N-methyl/N-ethyl adjacent to an activating group) is 1. The number of nitrogens with one attached hydrogen (secondary N) is 1. The summed E-state index contributed by atoms with van der Waals surface area (Å²) < 4.78 is 4.62. The van der Waals surface area contributed by atoms with Gasteiger partial charge < -0.3 is 10.1 Å². The van der Waals surface area contributed by atoms with Gasteiger partial charge in [0.2, 0.25) is 5.91 Å². The topological polar surface area (TPSA) is 58.6 Å². The maximum Gasteiger partial charge on any atom is 0.307 e. The normalized spacial score (nSPS) is 27.1. The van der Waals surface area contributed by atoms with Crippen molar-refractivity contribution in [2.75, 3.05) is 20.2 Å². The average molecular weight is 228 g/mol. The highest BCUT2D eigenvalue weighted by atomic mass is 16.5. The van der Waals surface area contributed by atoms with E-state index in [1.54, 1.807) is 0 Å². The van der Waals surface area contributed by atoms with E-state index >= 15 is 0 Å². The maximum absolute atomic E-state index is 11.8. The van der Waals surface area contributed by atoms with Gasteiger partial charge in [-0.2, -0.15) is 0 Å². The van der Waals surface area contributed by atoms with Crippen molar-refractivity contribution in [3.05, 3.63) is 0 Å². The highest BCUT2D eigenvalue weighted by Crippen LogP contribution is 2.15. The fourth-order valence-corrected chi connectivity index (χ4v) is 2.13. The minimum Gasteiger partial charge on any atom is -0.469 e. The Balaban J connectivity index is 2.79. The van der Waals surface area contributed by atoms with Crippen LogP contribution >= 0.6 is 0 Å². The Morgan fingerprint density at radius 2 is 2.31 bits per heavy atom. The Morgan fingerprint density at radius 3 is 2.88 bits per heavy atom. The molecule has 0 bridgehead atoms. The number of carbonyl (C=O) groups is 2. The van der Waals surface area contributed by atoms with Crippen molar-refractivity contribution in [2.45, 2.75) is 38.8 Å². The molecule has 0 radical (unpaired) electrons. The van der Waals surface area contributed by atoms with Crippen molar-refractivity contribution in [3.63, 3.8) is 0 Å². The van der Waals surface area contributed by atoms with Crippen molar-refractivity contribution < 1.29 is 14.3 Å². The van der Waals surface area contributed by atoms with E-state index in [0.717, 1.165) is 13.0 Å². The van der Waals surface area contributed by atoms with E-state index in [4.69, 9.17) is 0 Å². The van der Waals surface area contributed by atoms with Crippen LogP contribution in [0.2, 0.25) is 0 Å². The molecule has 2 atom stereocenters. The largest absolute Gasteiger partial charge is 0.469 e. The lowest BCUT2D eigenvalue weighted by Gasteiger charge is -2.31. The van der Waals surface area contributed by atoms with Crippen LogP contribution in [0.1, 0.15) is 26.7 Å². The molecule has 5 nitrogen and oxygen atoms in total. The van der Waals surface area contributed by atoms with Crippen molar-refractivity contribution in [3.8, 4) is 0 Å². The first-order valence-electron chi connectivity index (χ1n) is 5.70. The third kappa shape index (κ3) is 2.95. The first-order chi connectivity index (χ1) is 7.60. The van der Waals surface area contributed by atoms with Gasteiger partial charge in [0.1, 0.15) is 0 Å². The van der Waals surface area contributed by atoms with Gasteiger partial charge in [-0.1, -0.05) is 6.92 Å². The Kier molecular flexibility index (Phi) is 4.73. The molecular formula is C11H20N2O3.